The minimum Gasteiger partial charge on any atom is -0.158 e. The molecule has 0 amide bonds. The van der Waals surface area contributed by atoms with Crippen LogP contribution in [-0.4, -0.2) is 10.2 Å². The molecule has 0 saturated carbocycles. The van der Waals surface area contributed by atoms with Gasteiger partial charge >= 0.3 is 0 Å². The molecular formula is C9H6Cl2N2. The normalized spacial score (nSPS) is 11.0. The van der Waals surface area contributed by atoms with E-state index in [2.05, 4.69) is 10.2 Å². The highest BCUT2D eigenvalue weighted by Gasteiger charge is 2.08. The van der Waals surface area contributed by atoms with Crippen LogP contribution in [0.2, 0.25) is 0 Å². The van der Waals surface area contributed by atoms with Crippen LogP contribution >= 0.6 is 23.2 Å². The van der Waals surface area contributed by atoms with Crippen LogP contribution in [0.15, 0.2) is 30.5 Å². The van der Waals surface area contributed by atoms with Crippen LogP contribution in [0.4, 0.5) is 0 Å². The van der Waals surface area contributed by atoms with Crippen molar-refractivity contribution in [2.45, 2.75) is 4.84 Å². The molecule has 2 rings (SSSR count). The Hall–Kier alpha value is -0.860. The van der Waals surface area contributed by atoms with Gasteiger partial charge in [-0.3, -0.25) is 0 Å². The van der Waals surface area contributed by atoms with Crippen LogP contribution in [0.25, 0.3) is 10.9 Å². The Labute approximate surface area is 85.5 Å². The first-order chi connectivity index (χ1) is 6.29. The third kappa shape index (κ3) is 1.60. The minimum atomic E-state index is -0.555. The number of aromatic nitrogens is 2. The predicted octanol–water partition coefficient (Wildman–Crippen LogP) is 3.11. The van der Waals surface area contributed by atoms with Gasteiger partial charge in [-0.05, 0) is 6.07 Å². The first-order valence-corrected chi connectivity index (χ1v) is 4.65. The highest BCUT2D eigenvalue weighted by atomic mass is 35.5. The standard InChI is InChI=1S/C9H6Cl2N2/c10-9(11)7-5-12-13-8-4-2-1-3-6(7)8/h1-5,9H. The highest BCUT2D eigenvalue weighted by Crippen LogP contribution is 2.29. The molecule has 66 valence electrons. The molecule has 1 heterocycles. The van der Waals surface area contributed by atoms with Crippen LogP contribution in [0, 0.1) is 0 Å². The van der Waals surface area contributed by atoms with E-state index in [4.69, 9.17) is 23.2 Å². The summed E-state index contributed by atoms with van der Waals surface area (Å²) in [7, 11) is 0. The third-order valence-electron chi connectivity index (χ3n) is 1.81. The van der Waals surface area contributed by atoms with Gasteiger partial charge < -0.3 is 0 Å². The molecule has 0 N–H and O–H groups in total. The molecule has 0 aliphatic heterocycles. The summed E-state index contributed by atoms with van der Waals surface area (Å²) in [5.41, 5.74) is 1.61. The van der Waals surface area contributed by atoms with E-state index in [1.807, 2.05) is 24.3 Å². The quantitative estimate of drug-likeness (QED) is 0.680. The molecule has 0 radical (unpaired) electrons. The second-order valence-corrected chi connectivity index (χ2v) is 3.71. The maximum absolute atomic E-state index is 5.78. The summed E-state index contributed by atoms with van der Waals surface area (Å²) in [4.78, 5) is -0.555. The average Bonchev–Trinajstić information content (AvgIpc) is 2.17. The molecule has 4 heteroatoms. The van der Waals surface area contributed by atoms with E-state index in [9.17, 15) is 0 Å². The zero-order valence-electron chi connectivity index (χ0n) is 6.61. The zero-order valence-corrected chi connectivity index (χ0v) is 8.13. The van der Waals surface area contributed by atoms with Gasteiger partial charge in [0.05, 0.1) is 11.7 Å². The Kier molecular flexibility index (Phi) is 2.34. The Morgan fingerprint density at radius 1 is 1.15 bits per heavy atom. The Morgan fingerprint density at radius 2 is 1.92 bits per heavy atom. The molecule has 0 spiro atoms. The van der Waals surface area contributed by atoms with Gasteiger partial charge in [0, 0.05) is 10.9 Å². The van der Waals surface area contributed by atoms with Gasteiger partial charge in [-0.25, -0.2) is 0 Å². The van der Waals surface area contributed by atoms with Crippen LogP contribution in [0.3, 0.4) is 0 Å². The molecule has 2 aromatic rings. The predicted molar refractivity (Wildman–Crippen MR) is 54.0 cm³/mol. The van der Waals surface area contributed by atoms with Crippen LogP contribution in [-0.2, 0) is 0 Å². The van der Waals surface area contributed by atoms with E-state index in [-0.39, 0.29) is 0 Å². The molecule has 1 aromatic heterocycles. The number of rotatable bonds is 1. The molecule has 0 atom stereocenters. The smallest absolute Gasteiger partial charge is 0.135 e. The fourth-order valence-electron chi connectivity index (χ4n) is 1.20. The number of halogens is 2. The number of nitrogens with zero attached hydrogens (tertiary/aromatic N) is 2. The number of hydrogen-bond donors (Lipinski definition) is 0. The number of fused-ring (bicyclic) bond motifs is 1. The summed E-state index contributed by atoms with van der Waals surface area (Å²) in [5.74, 6) is 0. The van der Waals surface area contributed by atoms with E-state index < -0.39 is 4.84 Å². The summed E-state index contributed by atoms with van der Waals surface area (Å²) >= 11 is 11.6. The number of alkyl halides is 2. The van der Waals surface area contributed by atoms with E-state index in [0.29, 0.717) is 0 Å². The SMILES string of the molecule is ClC(Cl)c1cnnc2ccccc12. The molecule has 0 bridgehead atoms. The van der Waals surface area contributed by atoms with Gasteiger partial charge in [-0.1, -0.05) is 41.4 Å². The second kappa shape index (κ2) is 3.48. The van der Waals surface area contributed by atoms with Crippen molar-refractivity contribution in [3.05, 3.63) is 36.0 Å². The Bertz CT molecular complexity index is 423. The highest BCUT2D eigenvalue weighted by molar-refractivity contribution is 6.44. The summed E-state index contributed by atoms with van der Waals surface area (Å²) in [6, 6.07) is 7.63. The molecule has 13 heavy (non-hydrogen) atoms. The molecule has 0 aliphatic rings. The third-order valence-corrected chi connectivity index (χ3v) is 2.28. The fraction of sp³-hybridized carbons (Fsp3) is 0.111. The molecular weight excluding hydrogens is 207 g/mol. The molecule has 1 aromatic carbocycles. The monoisotopic (exact) mass is 212 g/mol. The molecule has 0 saturated heterocycles. The van der Waals surface area contributed by atoms with Crippen LogP contribution < -0.4 is 0 Å². The van der Waals surface area contributed by atoms with Crippen molar-refractivity contribution in [1.29, 1.82) is 0 Å². The van der Waals surface area contributed by atoms with Gasteiger partial charge in [-0.15, -0.1) is 0 Å². The van der Waals surface area contributed by atoms with Crippen molar-refractivity contribution in [3.8, 4) is 0 Å². The maximum Gasteiger partial charge on any atom is 0.135 e. The Morgan fingerprint density at radius 3 is 2.69 bits per heavy atom. The molecule has 0 fully saturated rings. The molecule has 0 unspecified atom stereocenters. The summed E-state index contributed by atoms with van der Waals surface area (Å²) < 4.78 is 0. The fourth-order valence-corrected chi connectivity index (χ4v) is 1.55. The lowest BCUT2D eigenvalue weighted by molar-refractivity contribution is 1.05. The van der Waals surface area contributed by atoms with E-state index >= 15 is 0 Å². The lowest BCUT2D eigenvalue weighted by Crippen LogP contribution is -1.90. The van der Waals surface area contributed by atoms with Crippen molar-refractivity contribution in [2.24, 2.45) is 0 Å². The second-order valence-electron chi connectivity index (χ2n) is 2.62. The minimum absolute atomic E-state index is 0.555. The first-order valence-electron chi connectivity index (χ1n) is 3.77. The van der Waals surface area contributed by atoms with Crippen molar-refractivity contribution in [2.75, 3.05) is 0 Å². The van der Waals surface area contributed by atoms with E-state index in [1.54, 1.807) is 6.20 Å². The van der Waals surface area contributed by atoms with Gasteiger partial charge in [0.25, 0.3) is 0 Å². The van der Waals surface area contributed by atoms with Crippen LogP contribution in [0.1, 0.15) is 10.4 Å². The van der Waals surface area contributed by atoms with Gasteiger partial charge in [0.2, 0.25) is 0 Å². The van der Waals surface area contributed by atoms with Gasteiger partial charge in [0.15, 0.2) is 0 Å². The lowest BCUT2D eigenvalue weighted by Gasteiger charge is -2.03. The zero-order chi connectivity index (χ0) is 9.26. The van der Waals surface area contributed by atoms with Gasteiger partial charge in [0.1, 0.15) is 4.84 Å². The summed E-state index contributed by atoms with van der Waals surface area (Å²) in [6.45, 7) is 0. The molecule has 2 nitrogen and oxygen atoms in total. The van der Waals surface area contributed by atoms with E-state index in [0.717, 1.165) is 16.5 Å². The van der Waals surface area contributed by atoms with Crippen LogP contribution in [0.5, 0.6) is 0 Å². The lowest BCUT2D eigenvalue weighted by atomic mass is 10.1. The number of hydrogen-bond acceptors (Lipinski definition) is 2. The van der Waals surface area contributed by atoms with Crippen molar-refractivity contribution in [1.82, 2.24) is 10.2 Å². The maximum atomic E-state index is 5.78. The summed E-state index contributed by atoms with van der Waals surface area (Å²) in [5, 5.41) is 8.72. The number of benzene rings is 1. The Balaban J connectivity index is 2.76. The molecule has 0 aliphatic carbocycles. The summed E-state index contributed by atoms with van der Waals surface area (Å²) in [6.07, 6.45) is 1.59. The van der Waals surface area contributed by atoms with E-state index in [1.165, 1.54) is 0 Å². The van der Waals surface area contributed by atoms with Crippen molar-refractivity contribution >= 4 is 34.1 Å². The van der Waals surface area contributed by atoms with Crippen molar-refractivity contribution in [3.63, 3.8) is 0 Å². The largest absolute Gasteiger partial charge is 0.158 e. The van der Waals surface area contributed by atoms with Crippen molar-refractivity contribution < 1.29 is 0 Å². The topological polar surface area (TPSA) is 25.8 Å². The average molecular weight is 213 g/mol. The van der Waals surface area contributed by atoms with Gasteiger partial charge in [-0.2, -0.15) is 10.2 Å². The first kappa shape index (κ1) is 8.73.